The fraction of sp³-hybridized carbons (Fsp3) is 0.300. The van der Waals surface area contributed by atoms with E-state index in [0.717, 1.165) is 0 Å². The molecule has 15 heavy (non-hydrogen) atoms. The van der Waals surface area contributed by atoms with Gasteiger partial charge >= 0.3 is 0 Å². The molecule has 5 heteroatoms. The smallest absolute Gasteiger partial charge is 0.124 e. The molecule has 0 bridgehead atoms. The number of rotatable bonds is 3. The van der Waals surface area contributed by atoms with Crippen LogP contribution in [0.3, 0.4) is 0 Å². The van der Waals surface area contributed by atoms with Crippen LogP contribution in [0, 0.1) is 22.7 Å². The van der Waals surface area contributed by atoms with Gasteiger partial charge in [-0.15, -0.1) is 0 Å². The van der Waals surface area contributed by atoms with Crippen LogP contribution in [0.15, 0.2) is 18.3 Å². The van der Waals surface area contributed by atoms with Gasteiger partial charge in [0.1, 0.15) is 12.2 Å². The third-order valence-electron chi connectivity index (χ3n) is 1.90. The van der Waals surface area contributed by atoms with Gasteiger partial charge in [0.2, 0.25) is 0 Å². The molecule has 1 aromatic rings. The van der Waals surface area contributed by atoms with E-state index in [4.69, 9.17) is 10.5 Å². The average Bonchev–Trinajstić information content (AvgIpc) is 2.28. The highest BCUT2D eigenvalue weighted by molar-refractivity contribution is 5.34. The molecule has 0 aliphatic rings. The van der Waals surface area contributed by atoms with E-state index >= 15 is 0 Å². The Labute approximate surface area is 86.8 Å². The zero-order valence-corrected chi connectivity index (χ0v) is 7.83. The highest BCUT2D eigenvalue weighted by Gasteiger charge is 2.21. The number of hydrogen-bond donors (Lipinski definition) is 2. The first-order valence-electron chi connectivity index (χ1n) is 4.28. The first-order chi connectivity index (χ1) is 7.20. The second-order valence-corrected chi connectivity index (χ2v) is 2.92. The van der Waals surface area contributed by atoms with E-state index in [1.54, 1.807) is 12.1 Å². The molecule has 2 N–H and O–H groups in total. The lowest BCUT2D eigenvalue weighted by atomic mass is 10.0. The Kier molecular flexibility index (Phi) is 3.75. The maximum atomic E-state index is 9.62. The number of nitriles is 2. The lowest BCUT2D eigenvalue weighted by Crippen LogP contribution is -2.19. The Bertz CT molecular complexity index is 419. The standard InChI is InChI=1S/C10H9N3O2/c11-4-3-8(14)10(15)9-7(6-12)2-1-5-13-9/h1-2,5,8,10,14-15H,3H2. The number of nitrogens with zero attached hydrogens (tertiary/aromatic N) is 3. The summed E-state index contributed by atoms with van der Waals surface area (Å²) in [5.41, 5.74) is 0.296. The van der Waals surface area contributed by atoms with Crippen LogP contribution in [0.1, 0.15) is 23.8 Å². The van der Waals surface area contributed by atoms with Crippen LogP contribution in [0.4, 0.5) is 0 Å². The maximum Gasteiger partial charge on any atom is 0.124 e. The van der Waals surface area contributed by atoms with E-state index in [1.165, 1.54) is 12.3 Å². The summed E-state index contributed by atoms with van der Waals surface area (Å²) in [6.07, 6.45) is -1.32. The number of aromatic nitrogens is 1. The van der Waals surface area contributed by atoms with Crippen LogP contribution in [0.5, 0.6) is 0 Å². The molecular formula is C10H9N3O2. The molecule has 76 valence electrons. The van der Waals surface area contributed by atoms with Crippen LogP contribution in [0.2, 0.25) is 0 Å². The van der Waals surface area contributed by atoms with Gasteiger partial charge in [-0.3, -0.25) is 4.98 Å². The summed E-state index contributed by atoms with van der Waals surface area (Å²) in [6.45, 7) is 0. The minimum absolute atomic E-state index is 0.0998. The Hall–Kier alpha value is -1.95. The van der Waals surface area contributed by atoms with Crippen molar-refractivity contribution in [2.45, 2.75) is 18.6 Å². The van der Waals surface area contributed by atoms with E-state index in [-0.39, 0.29) is 17.7 Å². The van der Waals surface area contributed by atoms with Gasteiger partial charge in [-0.2, -0.15) is 10.5 Å². The molecule has 0 spiro atoms. The molecule has 5 nitrogen and oxygen atoms in total. The summed E-state index contributed by atoms with van der Waals surface area (Å²) < 4.78 is 0. The van der Waals surface area contributed by atoms with Gasteiger partial charge in [-0.1, -0.05) is 0 Å². The molecule has 0 saturated carbocycles. The average molecular weight is 203 g/mol. The molecule has 0 aromatic carbocycles. The largest absolute Gasteiger partial charge is 0.389 e. The quantitative estimate of drug-likeness (QED) is 0.733. The first-order valence-corrected chi connectivity index (χ1v) is 4.28. The van der Waals surface area contributed by atoms with Crippen LogP contribution in [-0.4, -0.2) is 21.3 Å². The molecule has 2 atom stereocenters. The Morgan fingerprint density at radius 3 is 2.73 bits per heavy atom. The van der Waals surface area contributed by atoms with Crippen molar-refractivity contribution < 1.29 is 10.2 Å². The van der Waals surface area contributed by atoms with Crippen molar-refractivity contribution in [3.8, 4) is 12.1 Å². The van der Waals surface area contributed by atoms with E-state index in [1.807, 2.05) is 6.07 Å². The molecule has 1 rings (SSSR count). The third kappa shape index (κ3) is 2.50. The van der Waals surface area contributed by atoms with Crippen LogP contribution >= 0.6 is 0 Å². The second-order valence-electron chi connectivity index (χ2n) is 2.92. The zero-order chi connectivity index (χ0) is 11.3. The van der Waals surface area contributed by atoms with Crippen molar-refractivity contribution in [3.63, 3.8) is 0 Å². The monoisotopic (exact) mass is 203 g/mol. The Balaban J connectivity index is 2.97. The summed E-state index contributed by atoms with van der Waals surface area (Å²) in [4.78, 5) is 3.81. The van der Waals surface area contributed by atoms with Crippen molar-refractivity contribution in [1.29, 1.82) is 10.5 Å². The summed E-state index contributed by atoms with van der Waals surface area (Å²) >= 11 is 0. The molecule has 0 radical (unpaired) electrons. The van der Waals surface area contributed by atoms with E-state index in [0.29, 0.717) is 0 Å². The van der Waals surface area contributed by atoms with Gasteiger partial charge < -0.3 is 10.2 Å². The lowest BCUT2D eigenvalue weighted by Gasteiger charge is -2.15. The predicted molar refractivity (Wildman–Crippen MR) is 50.1 cm³/mol. The lowest BCUT2D eigenvalue weighted by molar-refractivity contribution is 0.0188. The predicted octanol–water partition coefficient (Wildman–Crippen LogP) is 0.261. The van der Waals surface area contributed by atoms with Crippen LogP contribution < -0.4 is 0 Å². The number of aliphatic hydroxyl groups is 2. The SMILES string of the molecule is N#CCC(O)C(O)c1ncccc1C#N. The molecule has 1 heterocycles. The highest BCUT2D eigenvalue weighted by Crippen LogP contribution is 2.19. The fourth-order valence-electron chi connectivity index (χ4n) is 1.14. The number of pyridine rings is 1. The number of aliphatic hydroxyl groups excluding tert-OH is 2. The van der Waals surface area contributed by atoms with Crippen molar-refractivity contribution in [2.24, 2.45) is 0 Å². The fourth-order valence-corrected chi connectivity index (χ4v) is 1.14. The molecular weight excluding hydrogens is 194 g/mol. The van der Waals surface area contributed by atoms with Crippen LogP contribution in [0.25, 0.3) is 0 Å². The minimum Gasteiger partial charge on any atom is -0.389 e. The first kappa shape index (κ1) is 11.1. The molecule has 2 unspecified atom stereocenters. The summed E-state index contributed by atoms with van der Waals surface area (Å²) in [7, 11) is 0. The Morgan fingerprint density at radius 1 is 1.40 bits per heavy atom. The van der Waals surface area contributed by atoms with Crippen molar-refractivity contribution in [1.82, 2.24) is 4.98 Å². The molecule has 0 aliphatic carbocycles. The summed E-state index contributed by atoms with van der Waals surface area (Å²) in [5, 5.41) is 36.1. The van der Waals surface area contributed by atoms with Crippen LogP contribution in [-0.2, 0) is 0 Å². The summed E-state index contributed by atoms with van der Waals surface area (Å²) in [5.74, 6) is 0. The third-order valence-corrected chi connectivity index (χ3v) is 1.90. The molecule has 0 aliphatic heterocycles. The van der Waals surface area contributed by atoms with E-state index in [9.17, 15) is 10.2 Å². The molecule has 0 fully saturated rings. The van der Waals surface area contributed by atoms with Gasteiger partial charge in [0.25, 0.3) is 0 Å². The van der Waals surface area contributed by atoms with Gasteiger partial charge in [0.15, 0.2) is 0 Å². The summed E-state index contributed by atoms with van der Waals surface area (Å²) in [6, 6.07) is 6.64. The molecule has 0 amide bonds. The molecule has 1 aromatic heterocycles. The van der Waals surface area contributed by atoms with Gasteiger partial charge in [-0.25, -0.2) is 0 Å². The van der Waals surface area contributed by atoms with Gasteiger partial charge in [0.05, 0.1) is 29.9 Å². The van der Waals surface area contributed by atoms with Crippen molar-refractivity contribution in [2.75, 3.05) is 0 Å². The topological polar surface area (TPSA) is 101 Å². The zero-order valence-electron chi connectivity index (χ0n) is 7.83. The second kappa shape index (κ2) is 5.06. The van der Waals surface area contributed by atoms with E-state index in [2.05, 4.69) is 4.98 Å². The van der Waals surface area contributed by atoms with E-state index < -0.39 is 12.2 Å². The van der Waals surface area contributed by atoms with Gasteiger partial charge in [-0.05, 0) is 12.1 Å². The maximum absolute atomic E-state index is 9.62. The van der Waals surface area contributed by atoms with Gasteiger partial charge in [0, 0.05) is 6.20 Å². The minimum atomic E-state index is -1.31. The normalized spacial score (nSPS) is 13.6. The number of hydrogen-bond acceptors (Lipinski definition) is 5. The highest BCUT2D eigenvalue weighted by atomic mass is 16.3. The van der Waals surface area contributed by atoms with Crippen molar-refractivity contribution >= 4 is 0 Å². The Morgan fingerprint density at radius 2 is 2.13 bits per heavy atom. The molecule has 0 saturated heterocycles. The van der Waals surface area contributed by atoms with Crippen molar-refractivity contribution in [3.05, 3.63) is 29.6 Å².